The van der Waals surface area contributed by atoms with Gasteiger partial charge in [-0.3, -0.25) is 4.79 Å². The molecule has 0 bridgehead atoms. The summed E-state index contributed by atoms with van der Waals surface area (Å²) in [6.45, 7) is 5.19. The van der Waals surface area contributed by atoms with Gasteiger partial charge in [0.05, 0.1) is 24.8 Å². The van der Waals surface area contributed by atoms with Crippen LogP contribution >= 0.6 is 11.6 Å². The molecule has 232 valence electrons. The van der Waals surface area contributed by atoms with Gasteiger partial charge in [-0.2, -0.15) is 0 Å². The maximum atomic E-state index is 13.8. The van der Waals surface area contributed by atoms with Gasteiger partial charge < -0.3 is 25.2 Å². The van der Waals surface area contributed by atoms with Gasteiger partial charge in [0, 0.05) is 29.1 Å². The van der Waals surface area contributed by atoms with E-state index in [0.29, 0.717) is 29.3 Å². The number of carboxylic acids is 2. The number of hydrogen-bond acceptors (Lipinski definition) is 5. The van der Waals surface area contributed by atoms with E-state index in [1.807, 2.05) is 36.4 Å². The van der Waals surface area contributed by atoms with Crippen molar-refractivity contribution in [1.82, 2.24) is 10.2 Å². The van der Waals surface area contributed by atoms with Crippen LogP contribution < -0.4 is 5.32 Å². The van der Waals surface area contributed by atoms with Crippen molar-refractivity contribution in [3.8, 4) is 0 Å². The second kappa shape index (κ2) is 14.4. The van der Waals surface area contributed by atoms with E-state index in [1.165, 1.54) is 12.8 Å². The maximum Gasteiger partial charge on any atom is 0.333 e. The number of nitrogens with one attached hydrogen (secondary N) is 1. The Labute approximate surface area is 264 Å². The molecule has 3 aromatic rings. The van der Waals surface area contributed by atoms with Gasteiger partial charge in [-0.15, -0.1) is 0 Å². The molecule has 0 saturated carbocycles. The van der Waals surface area contributed by atoms with E-state index in [9.17, 15) is 19.8 Å². The first-order chi connectivity index (χ1) is 21.3. The summed E-state index contributed by atoms with van der Waals surface area (Å²) >= 11 is 6.43. The Kier molecular flexibility index (Phi) is 10.4. The van der Waals surface area contributed by atoms with Crippen LogP contribution in [-0.2, 0) is 14.3 Å². The average Bonchev–Trinajstić information content (AvgIpc) is 3.54. The monoisotopic (exact) mass is 616 g/mol. The maximum absolute atomic E-state index is 13.8. The SMILES string of the molecule is CC1=C(C(=O)O)C(c2cccc(Cl)c2)C(CCC(c2ccccc2)c2ccccc2)(C(=O)O)C(COCCN2CCCC2)N1. The molecular weight excluding hydrogens is 576 g/mol. The van der Waals surface area contributed by atoms with Gasteiger partial charge in [0.25, 0.3) is 0 Å². The highest BCUT2D eigenvalue weighted by Crippen LogP contribution is 2.52. The highest BCUT2D eigenvalue weighted by molar-refractivity contribution is 6.30. The Bertz CT molecular complexity index is 1420. The Morgan fingerprint density at radius 3 is 2.18 bits per heavy atom. The van der Waals surface area contributed by atoms with Crippen molar-refractivity contribution < 1.29 is 24.5 Å². The first-order valence-corrected chi connectivity index (χ1v) is 15.8. The Balaban J connectivity index is 1.57. The van der Waals surface area contributed by atoms with Crippen LogP contribution in [0.25, 0.3) is 0 Å². The fourth-order valence-corrected chi connectivity index (χ4v) is 7.35. The molecule has 3 N–H and O–H groups in total. The molecule has 5 rings (SSSR count). The van der Waals surface area contributed by atoms with E-state index in [-0.39, 0.29) is 24.5 Å². The van der Waals surface area contributed by atoms with Crippen LogP contribution in [-0.4, -0.2) is 65.9 Å². The third-order valence-electron chi connectivity index (χ3n) is 9.32. The minimum atomic E-state index is -1.55. The molecule has 1 saturated heterocycles. The number of hydrogen-bond donors (Lipinski definition) is 3. The number of aliphatic carboxylic acids is 2. The Morgan fingerprint density at radius 2 is 1.61 bits per heavy atom. The fraction of sp³-hybridized carbons (Fsp3) is 0.389. The molecule has 0 spiro atoms. The predicted octanol–water partition coefficient (Wildman–Crippen LogP) is 6.55. The minimum Gasteiger partial charge on any atom is -0.481 e. The third kappa shape index (κ3) is 6.85. The van der Waals surface area contributed by atoms with Crippen LogP contribution in [0.1, 0.15) is 61.1 Å². The summed E-state index contributed by atoms with van der Waals surface area (Å²) in [5.41, 5.74) is 1.65. The van der Waals surface area contributed by atoms with Crippen molar-refractivity contribution in [2.75, 3.05) is 32.8 Å². The van der Waals surface area contributed by atoms with Crippen molar-refractivity contribution in [1.29, 1.82) is 0 Å². The molecule has 2 aliphatic rings. The van der Waals surface area contributed by atoms with Crippen LogP contribution in [0.2, 0.25) is 5.02 Å². The van der Waals surface area contributed by atoms with Crippen molar-refractivity contribution >= 4 is 23.5 Å². The molecule has 7 nitrogen and oxygen atoms in total. The lowest BCUT2D eigenvalue weighted by molar-refractivity contribution is -0.155. The summed E-state index contributed by atoms with van der Waals surface area (Å²) in [5, 5.41) is 25.5. The van der Waals surface area contributed by atoms with E-state index in [1.54, 1.807) is 31.2 Å². The second-order valence-corrected chi connectivity index (χ2v) is 12.3. The Hall–Kier alpha value is -3.65. The molecule has 8 heteroatoms. The number of benzene rings is 3. The smallest absolute Gasteiger partial charge is 0.333 e. The molecule has 3 aromatic carbocycles. The van der Waals surface area contributed by atoms with Crippen molar-refractivity contribution in [2.45, 2.75) is 50.5 Å². The second-order valence-electron chi connectivity index (χ2n) is 11.9. The van der Waals surface area contributed by atoms with E-state index in [4.69, 9.17) is 16.3 Å². The van der Waals surface area contributed by atoms with Crippen molar-refractivity contribution in [2.24, 2.45) is 5.41 Å². The lowest BCUT2D eigenvalue weighted by Gasteiger charge is -2.48. The third-order valence-corrected chi connectivity index (χ3v) is 9.55. The summed E-state index contributed by atoms with van der Waals surface area (Å²) < 4.78 is 6.21. The van der Waals surface area contributed by atoms with E-state index >= 15 is 0 Å². The molecule has 0 aromatic heterocycles. The van der Waals surface area contributed by atoms with E-state index in [0.717, 1.165) is 30.8 Å². The van der Waals surface area contributed by atoms with Crippen LogP contribution in [0, 0.1) is 5.41 Å². The first kappa shape index (κ1) is 31.8. The molecule has 3 unspecified atom stereocenters. The Morgan fingerprint density at radius 1 is 0.977 bits per heavy atom. The standard InChI is InChI=1S/C36H41ClN2O5/c1-25-32(34(40)41)33(28-15-10-16-29(37)23-28)36(35(42)43,31(38-25)24-44-22-21-39-19-8-9-20-39)18-17-30(26-11-4-2-5-12-26)27-13-6-3-7-14-27/h2-7,10-16,23,30-31,33,38H,8-9,17-22,24H2,1H3,(H,40,41)(H,42,43). The van der Waals surface area contributed by atoms with Gasteiger partial charge in [0.15, 0.2) is 0 Å². The lowest BCUT2D eigenvalue weighted by Crippen LogP contribution is -2.59. The molecule has 3 atom stereocenters. The summed E-state index contributed by atoms with van der Waals surface area (Å²) in [6.07, 6.45) is 3.04. The highest BCUT2D eigenvalue weighted by Gasteiger charge is 2.57. The van der Waals surface area contributed by atoms with Gasteiger partial charge in [0.1, 0.15) is 5.41 Å². The topological polar surface area (TPSA) is 99.1 Å². The van der Waals surface area contributed by atoms with Crippen LogP contribution in [0.15, 0.2) is 96.2 Å². The zero-order valence-electron chi connectivity index (χ0n) is 25.1. The zero-order chi connectivity index (χ0) is 31.1. The van der Waals surface area contributed by atoms with Crippen LogP contribution in [0.4, 0.5) is 0 Å². The van der Waals surface area contributed by atoms with Gasteiger partial charge in [-0.1, -0.05) is 84.4 Å². The van der Waals surface area contributed by atoms with E-state index < -0.39 is 29.3 Å². The summed E-state index contributed by atoms with van der Waals surface area (Å²) in [4.78, 5) is 29.0. The first-order valence-electron chi connectivity index (χ1n) is 15.4. The molecule has 2 heterocycles. The molecule has 1 fully saturated rings. The summed E-state index contributed by atoms with van der Waals surface area (Å²) in [7, 11) is 0. The number of halogens is 1. The number of ether oxygens (including phenoxy) is 1. The number of carboxylic acid groups (broad SMARTS) is 2. The van der Waals surface area contributed by atoms with Gasteiger partial charge >= 0.3 is 11.9 Å². The quantitative estimate of drug-likeness (QED) is 0.187. The molecule has 0 amide bonds. The summed E-state index contributed by atoms with van der Waals surface area (Å²) in [5.74, 6) is -3.27. The highest BCUT2D eigenvalue weighted by atomic mass is 35.5. The normalized spacial score (nSPS) is 22.2. The zero-order valence-corrected chi connectivity index (χ0v) is 25.9. The van der Waals surface area contributed by atoms with Crippen molar-refractivity contribution in [3.05, 3.63) is 118 Å². The molecule has 2 aliphatic heterocycles. The van der Waals surface area contributed by atoms with Gasteiger partial charge in [-0.05, 0) is 74.5 Å². The number of nitrogens with zero attached hydrogens (tertiary/aromatic N) is 1. The number of likely N-dealkylation sites (tertiary alicyclic amines) is 1. The fourth-order valence-electron chi connectivity index (χ4n) is 7.15. The van der Waals surface area contributed by atoms with Gasteiger partial charge in [-0.25, -0.2) is 4.79 Å². The number of allylic oxidation sites excluding steroid dienone is 1. The summed E-state index contributed by atoms with van der Waals surface area (Å²) in [6, 6.07) is 26.4. The number of rotatable bonds is 13. The van der Waals surface area contributed by atoms with Crippen LogP contribution in [0.5, 0.6) is 0 Å². The predicted molar refractivity (Wildman–Crippen MR) is 172 cm³/mol. The van der Waals surface area contributed by atoms with Crippen LogP contribution in [0.3, 0.4) is 0 Å². The molecule has 0 radical (unpaired) electrons. The number of carbonyl (C=O) groups is 2. The molecule has 0 aliphatic carbocycles. The van der Waals surface area contributed by atoms with E-state index in [2.05, 4.69) is 34.5 Å². The largest absolute Gasteiger partial charge is 0.481 e. The van der Waals surface area contributed by atoms with Crippen molar-refractivity contribution in [3.63, 3.8) is 0 Å². The minimum absolute atomic E-state index is 0.0407. The average molecular weight is 617 g/mol. The van der Waals surface area contributed by atoms with Gasteiger partial charge in [0.2, 0.25) is 0 Å². The molecule has 44 heavy (non-hydrogen) atoms. The molecular formula is C36H41ClN2O5. The lowest BCUT2D eigenvalue weighted by atomic mass is 9.59.